The minimum absolute atomic E-state index is 0.0369. The summed E-state index contributed by atoms with van der Waals surface area (Å²) in [6.45, 7) is 5.64. The van der Waals surface area contributed by atoms with Crippen LogP contribution in [0.25, 0.3) is 0 Å². The van der Waals surface area contributed by atoms with E-state index in [9.17, 15) is 9.90 Å². The smallest absolute Gasteiger partial charge is 0.254 e. The molecule has 2 aromatic heterocycles. The van der Waals surface area contributed by atoms with Crippen molar-refractivity contribution in [1.29, 1.82) is 0 Å². The van der Waals surface area contributed by atoms with Crippen LogP contribution in [0, 0.1) is 13.8 Å². The Kier molecular flexibility index (Phi) is 4.31. The summed E-state index contributed by atoms with van der Waals surface area (Å²) in [4.78, 5) is 19.0. The third kappa shape index (κ3) is 3.14. The molecule has 0 aliphatic carbocycles. The molecule has 1 amide bonds. The van der Waals surface area contributed by atoms with Crippen LogP contribution in [-0.2, 0) is 20.1 Å². The van der Waals surface area contributed by atoms with Crippen LogP contribution in [-0.4, -0.2) is 41.8 Å². The van der Waals surface area contributed by atoms with Crippen molar-refractivity contribution in [2.24, 2.45) is 7.05 Å². The maximum Gasteiger partial charge on any atom is 0.254 e. The molecule has 27 heavy (non-hydrogen) atoms. The summed E-state index contributed by atoms with van der Waals surface area (Å²) >= 11 is 0. The highest BCUT2D eigenvalue weighted by molar-refractivity contribution is 5.95. The van der Waals surface area contributed by atoms with Crippen LogP contribution in [0.4, 0.5) is 0 Å². The second-order valence-electron chi connectivity index (χ2n) is 7.13. The number of carbonyl (C=O) groups is 1. The molecule has 0 bridgehead atoms. The summed E-state index contributed by atoms with van der Waals surface area (Å²) in [7, 11) is 1.84. The zero-order valence-corrected chi connectivity index (χ0v) is 15.8. The van der Waals surface area contributed by atoms with E-state index in [2.05, 4.69) is 10.1 Å². The van der Waals surface area contributed by atoms with Crippen molar-refractivity contribution < 1.29 is 9.90 Å². The highest BCUT2D eigenvalue weighted by atomic mass is 16.3. The van der Waals surface area contributed by atoms with E-state index >= 15 is 0 Å². The van der Waals surface area contributed by atoms with Crippen molar-refractivity contribution >= 4 is 5.91 Å². The number of aliphatic hydroxyl groups is 1. The third-order valence-corrected chi connectivity index (χ3v) is 5.11. The molecule has 0 spiro atoms. The summed E-state index contributed by atoms with van der Waals surface area (Å²) in [5, 5.41) is 15.1. The molecular weight excluding hydrogens is 342 g/mol. The average Bonchev–Trinajstić information content (AvgIpc) is 3.28. The molecular formula is C20H23N5O2. The number of aliphatic hydroxyl groups excluding tert-OH is 1. The number of hydrogen-bond acceptors (Lipinski definition) is 4. The van der Waals surface area contributed by atoms with Gasteiger partial charge in [0.2, 0.25) is 0 Å². The van der Waals surface area contributed by atoms with Gasteiger partial charge in [-0.25, -0.2) is 4.98 Å². The monoisotopic (exact) mass is 365 g/mol. The van der Waals surface area contributed by atoms with E-state index in [1.165, 1.54) is 0 Å². The lowest BCUT2D eigenvalue weighted by Crippen LogP contribution is -2.38. The molecule has 140 valence electrons. The highest BCUT2D eigenvalue weighted by Crippen LogP contribution is 2.24. The lowest BCUT2D eigenvalue weighted by atomic mass is 10.0. The molecule has 0 saturated heterocycles. The molecule has 4 rings (SSSR count). The van der Waals surface area contributed by atoms with Gasteiger partial charge in [-0.2, -0.15) is 5.10 Å². The third-order valence-electron chi connectivity index (χ3n) is 5.11. The minimum atomic E-state index is -0.883. The molecule has 7 heteroatoms. The fraction of sp³-hybridized carbons (Fsp3) is 0.350. The Labute approximate surface area is 157 Å². The molecule has 0 saturated carbocycles. The number of rotatable bonds is 3. The van der Waals surface area contributed by atoms with Crippen LogP contribution >= 0.6 is 0 Å². The summed E-state index contributed by atoms with van der Waals surface area (Å²) in [6, 6.07) is 7.81. The van der Waals surface area contributed by atoms with E-state index in [-0.39, 0.29) is 5.91 Å². The van der Waals surface area contributed by atoms with Gasteiger partial charge in [0.25, 0.3) is 5.91 Å². The lowest BCUT2D eigenvalue weighted by Gasteiger charge is -2.28. The maximum atomic E-state index is 13.0. The van der Waals surface area contributed by atoms with Gasteiger partial charge >= 0.3 is 0 Å². The summed E-state index contributed by atoms with van der Waals surface area (Å²) < 4.78 is 3.65. The SMILES string of the molecule is Cc1ccc(C)c(C(=O)N2CCn3nc(C(O)c4nccn4C)cc3C2)c1. The van der Waals surface area contributed by atoms with Crippen molar-refractivity contribution in [3.05, 3.63) is 70.6 Å². The molecule has 1 aliphatic heterocycles. The largest absolute Gasteiger partial charge is 0.379 e. The van der Waals surface area contributed by atoms with Gasteiger partial charge in [-0.15, -0.1) is 0 Å². The van der Waals surface area contributed by atoms with E-state index in [0.29, 0.717) is 31.2 Å². The van der Waals surface area contributed by atoms with Crippen molar-refractivity contribution in [2.75, 3.05) is 6.54 Å². The van der Waals surface area contributed by atoms with E-state index in [4.69, 9.17) is 0 Å². The van der Waals surface area contributed by atoms with Crippen LogP contribution in [0.15, 0.2) is 36.7 Å². The van der Waals surface area contributed by atoms with Gasteiger partial charge < -0.3 is 14.6 Å². The number of aryl methyl sites for hydroxylation is 3. The Morgan fingerprint density at radius 2 is 2.04 bits per heavy atom. The first-order valence-electron chi connectivity index (χ1n) is 9.02. The Morgan fingerprint density at radius 1 is 1.22 bits per heavy atom. The fourth-order valence-corrected chi connectivity index (χ4v) is 3.51. The Morgan fingerprint density at radius 3 is 2.78 bits per heavy atom. The summed E-state index contributed by atoms with van der Waals surface area (Å²) in [5.74, 6) is 0.587. The molecule has 0 fully saturated rings. The number of aromatic nitrogens is 4. The van der Waals surface area contributed by atoms with Crippen molar-refractivity contribution in [3.8, 4) is 0 Å². The van der Waals surface area contributed by atoms with E-state index in [1.807, 2.05) is 54.7 Å². The first-order valence-corrected chi connectivity index (χ1v) is 9.02. The zero-order valence-electron chi connectivity index (χ0n) is 15.8. The maximum absolute atomic E-state index is 13.0. The number of nitrogens with zero attached hydrogens (tertiary/aromatic N) is 5. The van der Waals surface area contributed by atoms with Crippen LogP contribution < -0.4 is 0 Å². The van der Waals surface area contributed by atoms with E-state index < -0.39 is 6.10 Å². The molecule has 3 aromatic rings. The molecule has 7 nitrogen and oxygen atoms in total. The summed E-state index contributed by atoms with van der Waals surface area (Å²) in [6.07, 6.45) is 2.56. The van der Waals surface area contributed by atoms with Gasteiger partial charge in [0.1, 0.15) is 5.82 Å². The van der Waals surface area contributed by atoms with Crippen molar-refractivity contribution in [3.63, 3.8) is 0 Å². The van der Waals surface area contributed by atoms with Gasteiger partial charge in [0.15, 0.2) is 6.10 Å². The Hall–Kier alpha value is -2.93. The number of carbonyl (C=O) groups excluding carboxylic acids is 1. The molecule has 1 aromatic carbocycles. The van der Waals surface area contributed by atoms with Crippen molar-refractivity contribution in [2.45, 2.75) is 33.0 Å². The van der Waals surface area contributed by atoms with Crippen LogP contribution in [0.2, 0.25) is 0 Å². The van der Waals surface area contributed by atoms with Crippen LogP contribution in [0.3, 0.4) is 0 Å². The topological polar surface area (TPSA) is 76.2 Å². The van der Waals surface area contributed by atoms with E-state index in [1.54, 1.807) is 17.0 Å². The first-order chi connectivity index (χ1) is 12.9. The summed E-state index contributed by atoms with van der Waals surface area (Å²) in [5.41, 5.74) is 4.28. The molecule has 1 atom stereocenters. The predicted octanol–water partition coefficient (Wildman–Crippen LogP) is 1.97. The average molecular weight is 365 g/mol. The van der Waals surface area contributed by atoms with Crippen molar-refractivity contribution in [1.82, 2.24) is 24.2 Å². The lowest BCUT2D eigenvalue weighted by molar-refractivity contribution is 0.0705. The number of benzene rings is 1. The Balaban J connectivity index is 1.57. The predicted molar refractivity (Wildman–Crippen MR) is 100 cm³/mol. The number of imidazole rings is 1. The van der Waals surface area contributed by atoms with E-state index in [0.717, 1.165) is 22.4 Å². The quantitative estimate of drug-likeness (QED) is 0.770. The fourth-order valence-electron chi connectivity index (χ4n) is 3.51. The Bertz CT molecular complexity index is 1000. The van der Waals surface area contributed by atoms with Gasteiger partial charge in [-0.05, 0) is 31.5 Å². The highest BCUT2D eigenvalue weighted by Gasteiger charge is 2.26. The molecule has 0 radical (unpaired) electrons. The molecule has 1 N–H and O–H groups in total. The molecule has 1 unspecified atom stereocenters. The number of hydrogen-bond donors (Lipinski definition) is 1. The van der Waals surface area contributed by atoms with Gasteiger partial charge in [0, 0.05) is 31.5 Å². The van der Waals surface area contributed by atoms with Crippen LogP contribution in [0.5, 0.6) is 0 Å². The normalized spacial score (nSPS) is 14.9. The number of amides is 1. The number of fused-ring (bicyclic) bond motifs is 1. The zero-order chi connectivity index (χ0) is 19.1. The second-order valence-corrected chi connectivity index (χ2v) is 7.13. The standard InChI is InChI=1S/C20H23N5O2/c1-13-4-5-14(2)16(10-13)20(27)24-8-9-25-15(12-24)11-17(22-25)18(26)19-21-6-7-23(19)3/h4-7,10-11,18,26H,8-9,12H2,1-3H3. The minimum Gasteiger partial charge on any atom is -0.379 e. The molecule has 1 aliphatic rings. The van der Waals surface area contributed by atoms with Gasteiger partial charge in [-0.3, -0.25) is 9.48 Å². The second kappa shape index (κ2) is 6.66. The first kappa shape index (κ1) is 17.5. The van der Waals surface area contributed by atoms with Gasteiger partial charge in [0.05, 0.1) is 24.5 Å². The van der Waals surface area contributed by atoms with Crippen LogP contribution in [0.1, 0.15) is 44.8 Å². The molecule has 3 heterocycles. The van der Waals surface area contributed by atoms with Gasteiger partial charge in [-0.1, -0.05) is 17.7 Å².